The number of aromatic nitrogens is 3. The Morgan fingerprint density at radius 2 is 1.92 bits per heavy atom. The molecule has 8 heteroatoms. The lowest BCUT2D eigenvalue weighted by Crippen LogP contribution is -2.17. The first-order chi connectivity index (χ1) is 12.4. The summed E-state index contributed by atoms with van der Waals surface area (Å²) in [5.41, 5.74) is 2.26. The number of amides is 1. The van der Waals surface area contributed by atoms with Gasteiger partial charge in [-0.1, -0.05) is 11.3 Å². The van der Waals surface area contributed by atoms with Gasteiger partial charge in [0.1, 0.15) is 18.9 Å². The highest BCUT2D eigenvalue weighted by molar-refractivity contribution is 7.16. The molecular formula is C18H20N4O3S. The fourth-order valence-corrected chi connectivity index (χ4v) is 4.01. The van der Waals surface area contributed by atoms with Crippen LogP contribution in [0, 0.1) is 6.92 Å². The maximum atomic E-state index is 12.8. The second-order valence-electron chi connectivity index (χ2n) is 6.53. The maximum absolute atomic E-state index is 12.8. The van der Waals surface area contributed by atoms with E-state index in [1.165, 1.54) is 11.3 Å². The maximum Gasteiger partial charge on any atom is 0.297 e. The van der Waals surface area contributed by atoms with Gasteiger partial charge in [0.2, 0.25) is 0 Å². The normalized spacial score (nSPS) is 14.4. The Hall–Kier alpha value is -2.61. The fourth-order valence-electron chi connectivity index (χ4n) is 2.99. The zero-order chi connectivity index (χ0) is 18.4. The van der Waals surface area contributed by atoms with Crippen LogP contribution >= 0.6 is 11.3 Å². The van der Waals surface area contributed by atoms with Gasteiger partial charge in [0.25, 0.3) is 5.91 Å². The van der Waals surface area contributed by atoms with Crippen molar-refractivity contribution in [3.63, 3.8) is 0 Å². The van der Waals surface area contributed by atoms with Crippen LogP contribution in [0.3, 0.4) is 0 Å². The third-order valence-corrected chi connectivity index (χ3v) is 5.33. The zero-order valence-electron chi connectivity index (χ0n) is 15.1. The number of fused-ring (bicyclic) bond motifs is 2. The number of aryl methyl sites for hydroxylation is 2. The Morgan fingerprint density at radius 1 is 1.23 bits per heavy atom. The molecule has 0 N–H and O–H groups in total. The molecule has 136 valence electrons. The Balaban J connectivity index is 1.81. The second kappa shape index (κ2) is 6.28. The lowest BCUT2D eigenvalue weighted by molar-refractivity contribution is 0.0986. The number of nitrogens with zero attached hydrogens (tertiary/aromatic N) is 4. The molecule has 3 aromatic rings. The molecule has 7 nitrogen and oxygen atoms in total. The molecule has 0 atom stereocenters. The highest BCUT2D eigenvalue weighted by atomic mass is 32.1. The molecule has 2 aromatic heterocycles. The molecule has 0 saturated carbocycles. The summed E-state index contributed by atoms with van der Waals surface area (Å²) in [4.78, 5) is 17.7. The molecule has 1 aliphatic rings. The van der Waals surface area contributed by atoms with Crippen molar-refractivity contribution in [1.82, 2.24) is 14.3 Å². The van der Waals surface area contributed by atoms with Crippen LogP contribution in [0.1, 0.15) is 36.1 Å². The average Bonchev–Trinajstić information content (AvgIpc) is 3.14. The van der Waals surface area contributed by atoms with E-state index < -0.39 is 0 Å². The zero-order valence-corrected chi connectivity index (χ0v) is 16.0. The molecule has 0 fully saturated rings. The van der Waals surface area contributed by atoms with E-state index in [9.17, 15) is 4.79 Å². The first-order valence-electron chi connectivity index (χ1n) is 8.48. The molecule has 0 spiro atoms. The Labute approximate surface area is 154 Å². The van der Waals surface area contributed by atoms with E-state index in [-0.39, 0.29) is 11.9 Å². The lowest BCUT2D eigenvalue weighted by atomic mass is 10.3. The second-order valence-corrected chi connectivity index (χ2v) is 7.54. The smallest absolute Gasteiger partial charge is 0.297 e. The molecular weight excluding hydrogens is 352 g/mol. The largest absolute Gasteiger partial charge is 0.486 e. The van der Waals surface area contributed by atoms with E-state index in [0.717, 1.165) is 27.4 Å². The molecule has 0 saturated heterocycles. The SMILES string of the molecule is Cc1cc(C(=O)N=c2sc3cc4c(cc3n2C)OCCO4)n(C(C)C)n1. The fraction of sp³-hybridized carbons (Fsp3) is 0.389. The summed E-state index contributed by atoms with van der Waals surface area (Å²) >= 11 is 1.45. The summed E-state index contributed by atoms with van der Waals surface area (Å²) in [6.07, 6.45) is 0. The molecule has 1 aromatic carbocycles. The minimum absolute atomic E-state index is 0.0926. The Kier molecular flexibility index (Phi) is 4.07. The number of ether oxygens (including phenoxy) is 2. The summed E-state index contributed by atoms with van der Waals surface area (Å²) in [5.74, 6) is 1.17. The van der Waals surface area contributed by atoms with Gasteiger partial charge >= 0.3 is 0 Å². The minimum atomic E-state index is -0.293. The lowest BCUT2D eigenvalue weighted by Gasteiger charge is -2.18. The van der Waals surface area contributed by atoms with Crippen LogP contribution in [-0.4, -0.2) is 33.5 Å². The van der Waals surface area contributed by atoms with E-state index >= 15 is 0 Å². The van der Waals surface area contributed by atoms with Gasteiger partial charge in [-0.2, -0.15) is 10.1 Å². The molecule has 3 heterocycles. The van der Waals surface area contributed by atoms with Gasteiger partial charge in [-0.15, -0.1) is 0 Å². The van der Waals surface area contributed by atoms with Crippen molar-refractivity contribution in [3.05, 3.63) is 34.4 Å². The van der Waals surface area contributed by atoms with Crippen molar-refractivity contribution in [3.8, 4) is 11.5 Å². The number of rotatable bonds is 2. The van der Waals surface area contributed by atoms with E-state index in [1.807, 2.05) is 44.5 Å². The molecule has 0 radical (unpaired) electrons. The van der Waals surface area contributed by atoms with Crippen LogP contribution < -0.4 is 14.3 Å². The molecule has 26 heavy (non-hydrogen) atoms. The topological polar surface area (TPSA) is 70.6 Å². The Morgan fingerprint density at radius 3 is 2.62 bits per heavy atom. The highest BCUT2D eigenvalue weighted by Gasteiger charge is 2.18. The number of hydrogen-bond acceptors (Lipinski definition) is 5. The molecule has 0 aliphatic carbocycles. The van der Waals surface area contributed by atoms with Crippen molar-refractivity contribution in [2.45, 2.75) is 26.8 Å². The molecule has 0 unspecified atom stereocenters. The first kappa shape index (κ1) is 16.8. The number of benzene rings is 1. The number of carbonyl (C=O) groups is 1. The van der Waals surface area contributed by atoms with Crippen LogP contribution in [-0.2, 0) is 7.05 Å². The Bertz CT molecular complexity index is 1070. The predicted octanol–water partition coefficient (Wildman–Crippen LogP) is 2.84. The third-order valence-electron chi connectivity index (χ3n) is 4.24. The van der Waals surface area contributed by atoms with Crippen molar-refractivity contribution in [2.75, 3.05) is 13.2 Å². The third kappa shape index (κ3) is 2.80. The molecule has 4 rings (SSSR count). The number of carbonyl (C=O) groups excluding carboxylic acids is 1. The van der Waals surface area contributed by atoms with Gasteiger partial charge in [-0.3, -0.25) is 9.48 Å². The van der Waals surface area contributed by atoms with Gasteiger partial charge in [-0.25, -0.2) is 0 Å². The minimum Gasteiger partial charge on any atom is -0.486 e. The van der Waals surface area contributed by atoms with Crippen molar-refractivity contribution >= 4 is 27.5 Å². The number of hydrogen-bond donors (Lipinski definition) is 0. The van der Waals surface area contributed by atoms with E-state index in [4.69, 9.17) is 9.47 Å². The van der Waals surface area contributed by atoms with Gasteiger partial charge in [0.05, 0.1) is 15.9 Å². The summed E-state index contributed by atoms with van der Waals surface area (Å²) in [6, 6.07) is 5.75. The highest BCUT2D eigenvalue weighted by Crippen LogP contribution is 2.35. The van der Waals surface area contributed by atoms with Gasteiger partial charge in [-0.05, 0) is 26.8 Å². The van der Waals surface area contributed by atoms with Gasteiger partial charge in [0, 0.05) is 25.2 Å². The average molecular weight is 372 g/mol. The quantitative estimate of drug-likeness (QED) is 0.694. The monoisotopic (exact) mass is 372 g/mol. The van der Waals surface area contributed by atoms with Crippen molar-refractivity contribution < 1.29 is 14.3 Å². The van der Waals surface area contributed by atoms with E-state index in [0.29, 0.717) is 23.7 Å². The van der Waals surface area contributed by atoms with Crippen molar-refractivity contribution in [2.24, 2.45) is 12.0 Å². The van der Waals surface area contributed by atoms with Crippen LogP contribution in [0.4, 0.5) is 0 Å². The van der Waals surface area contributed by atoms with Crippen LogP contribution in [0.2, 0.25) is 0 Å². The standard InChI is InChI=1S/C18H20N4O3S/c1-10(2)22-13(7-11(3)20-22)17(23)19-18-21(4)12-8-14-15(9-16(12)26-18)25-6-5-24-14/h7-10H,5-6H2,1-4H3. The summed E-state index contributed by atoms with van der Waals surface area (Å²) in [6.45, 7) is 6.95. The molecule has 1 amide bonds. The van der Waals surface area contributed by atoms with E-state index in [1.54, 1.807) is 10.7 Å². The first-order valence-corrected chi connectivity index (χ1v) is 9.30. The predicted molar refractivity (Wildman–Crippen MR) is 99.0 cm³/mol. The van der Waals surface area contributed by atoms with Crippen molar-refractivity contribution in [1.29, 1.82) is 0 Å². The molecule has 0 bridgehead atoms. The summed E-state index contributed by atoms with van der Waals surface area (Å²) in [5, 5.41) is 4.39. The van der Waals surface area contributed by atoms with Gasteiger partial charge in [0.15, 0.2) is 16.3 Å². The van der Waals surface area contributed by atoms with Crippen LogP contribution in [0.25, 0.3) is 10.2 Å². The summed E-state index contributed by atoms with van der Waals surface area (Å²) < 4.78 is 15.9. The number of thiazole rings is 1. The van der Waals surface area contributed by atoms with E-state index in [2.05, 4.69) is 10.1 Å². The summed E-state index contributed by atoms with van der Waals surface area (Å²) in [7, 11) is 1.89. The van der Waals surface area contributed by atoms with Gasteiger partial charge < -0.3 is 14.0 Å². The van der Waals surface area contributed by atoms with Crippen LogP contribution in [0.5, 0.6) is 11.5 Å². The van der Waals surface area contributed by atoms with Crippen LogP contribution in [0.15, 0.2) is 23.2 Å². The molecule has 1 aliphatic heterocycles.